The summed E-state index contributed by atoms with van der Waals surface area (Å²) in [5, 5.41) is 19.3. The second kappa shape index (κ2) is 8.75. The van der Waals surface area contributed by atoms with E-state index in [0.29, 0.717) is 17.8 Å². The molecule has 1 N–H and O–H groups in total. The van der Waals surface area contributed by atoms with Gasteiger partial charge in [-0.1, -0.05) is 6.07 Å². The lowest BCUT2D eigenvalue weighted by Gasteiger charge is -2.22. The number of carbonyl (C=O) groups excluding carboxylic acids is 1. The number of nitrogens with zero attached hydrogens (tertiary/aromatic N) is 3. The summed E-state index contributed by atoms with van der Waals surface area (Å²) in [6.45, 7) is 8.82. The molecule has 2 aromatic rings. The lowest BCUT2D eigenvalue weighted by atomic mass is 10.00. The predicted molar refractivity (Wildman–Crippen MR) is 98.9 cm³/mol. The van der Waals surface area contributed by atoms with Gasteiger partial charge in [0.25, 0.3) is 12.2 Å². The van der Waals surface area contributed by atoms with E-state index in [4.69, 9.17) is 0 Å². The van der Waals surface area contributed by atoms with Crippen molar-refractivity contribution in [3.8, 4) is 0 Å². The van der Waals surface area contributed by atoms with Gasteiger partial charge in [-0.05, 0) is 58.7 Å². The number of nitrogens with one attached hydrogen (secondary N) is 1. The molecule has 0 bridgehead atoms. The van der Waals surface area contributed by atoms with Gasteiger partial charge < -0.3 is 10.1 Å². The Morgan fingerprint density at radius 2 is 2.23 bits per heavy atom. The standard InChI is InChI=1S/C13H16N4O2.C5H10O2/c18-17(19)13-5-1-4-12-11(13)8-15-16(12)9-10-3-2-6-14-7-10;1-5(2,3)7-4-6/h1,4-5,8,10,14H,2-3,6-7,9H2;4H,1-3H3. The highest BCUT2D eigenvalue weighted by Crippen LogP contribution is 2.26. The van der Waals surface area contributed by atoms with Crippen LogP contribution >= 0.6 is 0 Å². The number of ether oxygens (including phenoxy) is 1. The molecule has 1 unspecified atom stereocenters. The number of hydrogen-bond donors (Lipinski definition) is 1. The zero-order valence-electron chi connectivity index (χ0n) is 15.5. The molecular formula is C18H26N4O4. The van der Waals surface area contributed by atoms with Gasteiger partial charge in [-0.2, -0.15) is 5.10 Å². The highest BCUT2D eigenvalue weighted by molar-refractivity contribution is 5.87. The highest BCUT2D eigenvalue weighted by Gasteiger charge is 2.18. The summed E-state index contributed by atoms with van der Waals surface area (Å²) in [6, 6.07) is 5.14. The first kappa shape index (κ1) is 19.8. The van der Waals surface area contributed by atoms with Crippen molar-refractivity contribution in [3.05, 3.63) is 34.5 Å². The summed E-state index contributed by atoms with van der Waals surface area (Å²) in [5.74, 6) is 0.552. The Kier molecular flexibility index (Phi) is 6.68. The number of piperidine rings is 1. The first-order valence-electron chi connectivity index (χ1n) is 8.73. The quantitative estimate of drug-likeness (QED) is 0.510. The molecule has 26 heavy (non-hydrogen) atoms. The highest BCUT2D eigenvalue weighted by atomic mass is 16.6. The second-order valence-electron chi connectivity index (χ2n) is 7.33. The van der Waals surface area contributed by atoms with Crippen molar-refractivity contribution >= 4 is 23.1 Å². The molecular weight excluding hydrogens is 336 g/mol. The first-order valence-corrected chi connectivity index (χ1v) is 8.73. The van der Waals surface area contributed by atoms with Crippen molar-refractivity contribution in [1.29, 1.82) is 0 Å². The van der Waals surface area contributed by atoms with E-state index in [9.17, 15) is 14.9 Å². The third-order valence-electron chi connectivity index (χ3n) is 4.09. The summed E-state index contributed by atoms with van der Waals surface area (Å²) < 4.78 is 6.44. The molecule has 3 rings (SSSR count). The average molecular weight is 362 g/mol. The van der Waals surface area contributed by atoms with Crippen molar-refractivity contribution in [2.75, 3.05) is 13.1 Å². The minimum absolute atomic E-state index is 0.130. The van der Waals surface area contributed by atoms with Crippen molar-refractivity contribution in [2.45, 2.75) is 45.8 Å². The molecule has 1 aromatic heterocycles. The summed E-state index contributed by atoms with van der Waals surface area (Å²) in [5.41, 5.74) is 0.659. The van der Waals surface area contributed by atoms with E-state index in [1.54, 1.807) is 12.3 Å². The maximum absolute atomic E-state index is 11.0. The average Bonchev–Trinajstić information content (AvgIpc) is 2.98. The van der Waals surface area contributed by atoms with Crippen LogP contribution in [-0.2, 0) is 16.1 Å². The second-order valence-corrected chi connectivity index (χ2v) is 7.33. The number of rotatable bonds is 4. The lowest BCUT2D eigenvalue weighted by molar-refractivity contribution is -0.383. The Labute approximate surface area is 152 Å². The zero-order valence-corrected chi connectivity index (χ0v) is 15.5. The fraction of sp³-hybridized carbons (Fsp3) is 0.556. The van der Waals surface area contributed by atoms with Crippen molar-refractivity contribution < 1.29 is 14.5 Å². The van der Waals surface area contributed by atoms with Gasteiger partial charge in [0, 0.05) is 12.6 Å². The molecule has 8 nitrogen and oxygen atoms in total. The monoisotopic (exact) mass is 362 g/mol. The van der Waals surface area contributed by atoms with Crippen LogP contribution in [0.3, 0.4) is 0 Å². The number of non-ortho nitro benzene ring substituents is 1. The molecule has 0 spiro atoms. The lowest BCUT2D eigenvalue weighted by Crippen LogP contribution is -2.32. The number of nitro groups is 1. The fourth-order valence-corrected chi connectivity index (χ4v) is 2.86. The van der Waals surface area contributed by atoms with Gasteiger partial charge in [-0.15, -0.1) is 0 Å². The molecule has 1 saturated heterocycles. The molecule has 8 heteroatoms. The van der Waals surface area contributed by atoms with Crippen molar-refractivity contribution in [2.24, 2.45) is 5.92 Å². The van der Waals surface area contributed by atoms with E-state index in [1.807, 2.05) is 31.5 Å². The normalized spacial score (nSPS) is 17.3. The van der Waals surface area contributed by atoms with Gasteiger partial charge in [-0.25, -0.2) is 0 Å². The largest absolute Gasteiger partial charge is 0.462 e. The van der Waals surface area contributed by atoms with E-state index in [1.165, 1.54) is 18.9 Å². The maximum Gasteiger partial charge on any atom is 0.293 e. The smallest absolute Gasteiger partial charge is 0.293 e. The number of nitro benzene ring substituents is 1. The molecule has 0 amide bonds. The minimum atomic E-state index is -0.351. The van der Waals surface area contributed by atoms with Gasteiger partial charge in [0.1, 0.15) is 5.60 Å². The van der Waals surface area contributed by atoms with Gasteiger partial charge in [0.05, 0.1) is 22.0 Å². The molecule has 1 aliphatic rings. The van der Waals surface area contributed by atoms with Crippen LogP contribution in [-0.4, -0.2) is 39.9 Å². The summed E-state index contributed by atoms with van der Waals surface area (Å²) in [7, 11) is 0. The SMILES string of the molecule is CC(C)(C)OC=O.O=[N+]([O-])c1cccc2c1cnn2CC1CCCNC1. The summed E-state index contributed by atoms with van der Waals surface area (Å²) >= 11 is 0. The number of benzene rings is 1. The van der Waals surface area contributed by atoms with Crippen molar-refractivity contribution in [1.82, 2.24) is 15.1 Å². The molecule has 0 saturated carbocycles. The van der Waals surface area contributed by atoms with Crippen LogP contribution in [0.5, 0.6) is 0 Å². The Balaban J connectivity index is 0.000000298. The molecule has 1 fully saturated rings. The fourth-order valence-electron chi connectivity index (χ4n) is 2.86. The van der Waals surface area contributed by atoms with E-state index in [-0.39, 0.29) is 16.2 Å². The Hall–Kier alpha value is -2.48. The van der Waals surface area contributed by atoms with Gasteiger partial charge in [0.15, 0.2) is 0 Å². The zero-order chi connectivity index (χ0) is 19.2. The van der Waals surface area contributed by atoms with E-state index in [2.05, 4.69) is 15.2 Å². The first-order chi connectivity index (χ1) is 12.3. The molecule has 1 aliphatic heterocycles. The summed E-state index contributed by atoms with van der Waals surface area (Å²) in [4.78, 5) is 20.2. The van der Waals surface area contributed by atoms with E-state index < -0.39 is 0 Å². The van der Waals surface area contributed by atoms with Crippen LogP contribution in [0.1, 0.15) is 33.6 Å². The number of fused-ring (bicyclic) bond motifs is 1. The predicted octanol–water partition coefficient (Wildman–Crippen LogP) is 2.90. The van der Waals surface area contributed by atoms with Crippen LogP contribution in [0, 0.1) is 16.0 Å². The van der Waals surface area contributed by atoms with Crippen LogP contribution in [0.25, 0.3) is 10.9 Å². The Morgan fingerprint density at radius 3 is 2.77 bits per heavy atom. The number of aromatic nitrogens is 2. The number of hydrogen-bond acceptors (Lipinski definition) is 6. The molecule has 1 aromatic carbocycles. The van der Waals surface area contributed by atoms with Crippen LogP contribution in [0.15, 0.2) is 24.4 Å². The van der Waals surface area contributed by atoms with Gasteiger partial charge in [-0.3, -0.25) is 19.6 Å². The Morgan fingerprint density at radius 1 is 1.46 bits per heavy atom. The number of carbonyl (C=O) groups is 1. The molecule has 2 heterocycles. The molecule has 0 aliphatic carbocycles. The molecule has 1 atom stereocenters. The molecule has 142 valence electrons. The van der Waals surface area contributed by atoms with Crippen molar-refractivity contribution in [3.63, 3.8) is 0 Å². The van der Waals surface area contributed by atoms with Crippen LogP contribution in [0.2, 0.25) is 0 Å². The third kappa shape index (κ3) is 5.52. The molecule has 0 radical (unpaired) electrons. The Bertz CT molecular complexity index is 745. The van der Waals surface area contributed by atoms with E-state index >= 15 is 0 Å². The van der Waals surface area contributed by atoms with Gasteiger partial charge in [0.2, 0.25) is 0 Å². The minimum Gasteiger partial charge on any atom is -0.462 e. The van der Waals surface area contributed by atoms with Gasteiger partial charge >= 0.3 is 0 Å². The third-order valence-corrected chi connectivity index (χ3v) is 4.09. The summed E-state index contributed by atoms with van der Waals surface area (Å²) in [6.07, 6.45) is 3.97. The van der Waals surface area contributed by atoms with E-state index in [0.717, 1.165) is 25.2 Å². The van der Waals surface area contributed by atoms with Crippen LogP contribution < -0.4 is 5.32 Å². The maximum atomic E-state index is 11.0. The van der Waals surface area contributed by atoms with Crippen LogP contribution in [0.4, 0.5) is 5.69 Å². The topological polar surface area (TPSA) is 99.3 Å².